The smallest absolute Gasteiger partial charge is 0.287 e. The van der Waals surface area contributed by atoms with Crippen LogP contribution in [0.25, 0.3) is 0 Å². The van der Waals surface area contributed by atoms with Gasteiger partial charge in [0, 0.05) is 0 Å². The fourth-order valence-corrected chi connectivity index (χ4v) is 2.56. The molecule has 0 spiro atoms. The Kier molecular flexibility index (Phi) is 4.22. The number of hydrogen-bond acceptors (Lipinski definition) is 3. The van der Waals surface area contributed by atoms with Gasteiger partial charge in [-0.1, -0.05) is 20.8 Å². The van der Waals surface area contributed by atoms with Crippen LogP contribution in [0.1, 0.15) is 20.8 Å². The predicted molar refractivity (Wildman–Crippen MR) is 78.6 cm³/mol. The van der Waals surface area contributed by atoms with E-state index >= 15 is 0 Å². The molecule has 0 saturated heterocycles. The number of halogens is 1. The van der Waals surface area contributed by atoms with Crippen LogP contribution < -0.4 is 4.43 Å². The third-order valence-electron chi connectivity index (χ3n) is 3.29. The number of benzene rings is 1. The van der Waals surface area contributed by atoms with Gasteiger partial charge < -0.3 is 4.43 Å². The Balaban J connectivity index is 3.07. The number of nitro groups is 1. The summed E-state index contributed by atoms with van der Waals surface area (Å²) in [6.45, 7) is 10.6. The SMILES string of the molecule is CC(C)(C)[Si](C)(C)Oc1ccc(Br)c([N+](=O)[O-])c1. The molecule has 0 aliphatic heterocycles. The fraction of sp³-hybridized carbons (Fsp3) is 0.500. The van der Waals surface area contributed by atoms with Crippen molar-refractivity contribution in [1.29, 1.82) is 0 Å². The van der Waals surface area contributed by atoms with Crippen molar-refractivity contribution in [2.45, 2.75) is 38.9 Å². The van der Waals surface area contributed by atoms with Crippen molar-refractivity contribution in [2.75, 3.05) is 0 Å². The van der Waals surface area contributed by atoms with Gasteiger partial charge >= 0.3 is 0 Å². The van der Waals surface area contributed by atoms with Crippen LogP contribution in [0.3, 0.4) is 0 Å². The maximum absolute atomic E-state index is 10.9. The van der Waals surface area contributed by atoms with Gasteiger partial charge in [0.15, 0.2) is 0 Å². The molecule has 0 bridgehead atoms. The van der Waals surface area contributed by atoms with Crippen molar-refractivity contribution in [3.63, 3.8) is 0 Å². The van der Waals surface area contributed by atoms with E-state index < -0.39 is 13.2 Å². The Morgan fingerprint density at radius 1 is 1.33 bits per heavy atom. The quantitative estimate of drug-likeness (QED) is 0.456. The molecule has 0 aliphatic rings. The first-order chi connectivity index (χ1) is 8.04. The van der Waals surface area contributed by atoms with Crippen LogP contribution in [0.4, 0.5) is 5.69 Å². The molecule has 1 aromatic rings. The van der Waals surface area contributed by atoms with E-state index in [9.17, 15) is 10.1 Å². The highest BCUT2D eigenvalue weighted by atomic mass is 79.9. The molecule has 18 heavy (non-hydrogen) atoms. The molecule has 0 amide bonds. The number of nitro benzene ring substituents is 1. The van der Waals surface area contributed by atoms with Gasteiger partial charge in [-0.05, 0) is 46.2 Å². The molecule has 6 heteroatoms. The summed E-state index contributed by atoms with van der Waals surface area (Å²) in [6, 6.07) is 4.89. The highest BCUT2D eigenvalue weighted by molar-refractivity contribution is 9.10. The Bertz CT molecular complexity index is 469. The molecule has 0 N–H and O–H groups in total. The summed E-state index contributed by atoms with van der Waals surface area (Å²) >= 11 is 3.16. The zero-order chi connectivity index (χ0) is 14.1. The zero-order valence-corrected chi connectivity index (χ0v) is 13.9. The van der Waals surface area contributed by atoms with E-state index in [2.05, 4.69) is 49.8 Å². The molecule has 0 heterocycles. The van der Waals surface area contributed by atoms with Gasteiger partial charge in [0.2, 0.25) is 8.32 Å². The van der Waals surface area contributed by atoms with E-state index in [0.29, 0.717) is 10.2 Å². The minimum Gasteiger partial charge on any atom is -0.543 e. The molecule has 1 rings (SSSR count). The molecule has 4 nitrogen and oxygen atoms in total. The Morgan fingerprint density at radius 3 is 2.33 bits per heavy atom. The normalized spacial score (nSPS) is 12.3. The first-order valence-corrected chi connectivity index (χ1v) is 9.38. The van der Waals surface area contributed by atoms with Gasteiger partial charge in [0.25, 0.3) is 5.69 Å². The highest BCUT2D eigenvalue weighted by Gasteiger charge is 2.39. The summed E-state index contributed by atoms with van der Waals surface area (Å²) in [5.41, 5.74) is 0.0335. The van der Waals surface area contributed by atoms with Crippen molar-refractivity contribution in [3.8, 4) is 5.75 Å². The summed E-state index contributed by atoms with van der Waals surface area (Å²) in [7, 11) is -1.96. The number of rotatable bonds is 3. The molecule has 0 saturated carbocycles. The second-order valence-electron chi connectivity index (χ2n) is 5.73. The second-order valence-corrected chi connectivity index (χ2v) is 11.3. The van der Waals surface area contributed by atoms with Crippen molar-refractivity contribution in [1.82, 2.24) is 0 Å². The summed E-state index contributed by atoms with van der Waals surface area (Å²) in [5.74, 6) is 0.566. The van der Waals surface area contributed by atoms with Gasteiger partial charge in [0.05, 0.1) is 15.5 Å². The summed E-state index contributed by atoms with van der Waals surface area (Å²) in [4.78, 5) is 10.5. The van der Waals surface area contributed by atoms with Gasteiger partial charge in [-0.2, -0.15) is 0 Å². The van der Waals surface area contributed by atoms with Crippen LogP contribution >= 0.6 is 15.9 Å². The highest BCUT2D eigenvalue weighted by Crippen LogP contribution is 2.38. The van der Waals surface area contributed by atoms with Crippen LogP contribution in [-0.2, 0) is 0 Å². The van der Waals surface area contributed by atoms with E-state index in [1.165, 1.54) is 6.07 Å². The Labute approximate surface area is 117 Å². The third kappa shape index (κ3) is 3.32. The lowest BCUT2D eigenvalue weighted by Gasteiger charge is -2.36. The Morgan fingerprint density at radius 2 is 1.89 bits per heavy atom. The molecule has 100 valence electrons. The number of hydrogen-bond donors (Lipinski definition) is 0. The van der Waals surface area contributed by atoms with E-state index in [0.717, 1.165) is 0 Å². The van der Waals surface area contributed by atoms with Crippen LogP contribution in [0.5, 0.6) is 5.75 Å². The minimum atomic E-state index is -1.96. The van der Waals surface area contributed by atoms with E-state index in [1.807, 2.05) is 0 Å². The molecular weight excluding hydrogens is 314 g/mol. The zero-order valence-electron chi connectivity index (χ0n) is 11.3. The van der Waals surface area contributed by atoms with Crippen molar-refractivity contribution in [3.05, 3.63) is 32.8 Å². The summed E-state index contributed by atoms with van der Waals surface area (Å²) in [5, 5.41) is 10.9. The van der Waals surface area contributed by atoms with E-state index in [1.54, 1.807) is 12.1 Å². The Hall–Kier alpha value is -0.883. The maximum atomic E-state index is 10.9. The van der Waals surface area contributed by atoms with Crippen LogP contribution in [0, 0.1) is 10.1 Å². The van der Waals surface area contributed by atoms with Gasteiger partial charge in [-0.25, -0.2) is 0 Å². The van der Waals surface area contributed by atoms with Crippen molar-refractivity contribution < 1.29 is 9.35 Å². The van der Waals surface area contributed by atoms with Crippen LogP contribution in [0.2, 0.25) is 18.1 Å². The molecule has 0 fully saturated rings. The topological polar surface area (TPSA) is 52.4 Å². The van der Waals surface area contributed by atoms with Gasteiger partial charge in [-0.3, -0.25) is 10.1 Å². The van der Waals surface area contributed by atoms with E-state index in [-0.39, 0.29) is 10.7 Å². The second kappa shape index (κ2) is 5.01. The fourth-order valence-electron chi connectivity index (χ4n) is 1.14. The summed E-state index contributed by atoms with van der Waals surface area (Å²) in [6.07, 6.45) is 0. The monoisotopic (exact) mass is 331 g/mol. The lowest BCUT2D eigenvalue weighted by molar-refractivity contribution is -0.385. The van der Waals surface area contributed by atoms with Crippen LogP contribution in [0.15, 0.2) is 22.7 Å². The summed E-state index contributed by atoms with van der Waals surface area (Å²) < 4.78 is 6.49. The molecule has 0 aliphatic carbocycles. The first-order valence-electron chi connectivity index (χ1n) is 5.67. The average molecular weight is 332 g/mol. The molecular formula is C12H18BrNO3Si. The molecule has 0 aromatic heterocycles. The molecule has 1 aromatic carbocycles. The van der Waals surface area contributed by atoms with Crippen molar-refractivity contribution >= 4 is 29.9 Å². The standard InChI is InChI=1S/C12H18BrNO3Si/c1-12(2,3)18(4,5)17-9-6-7-10(13)11(8-9)14(15)16/h6-8H,1-5H3. The third-order valence-corrected chi connectivity index (χ3v) is 8.32. The lowest BCUT2D eigenvalue weighted by Crippen LogP contribution is -2.43. The molecule has 0 atom stereocenters. The molecule has 0 unspecified atom stereocenters. The van der Waals surface area contributed by atoms with Crippen LogP contribution in [-0.4, -0.2) is 13.2 Å². The maximum Gasteiger partial charge on any atom is 0.287 e. The van der Waals surface area contributed by atoms with Gasteiger partial charge in [-0.15, -0.1) is 0 Å². The molecule has 0 radical (unpaired) electrons. The lowest BCUT2D eigenvalue weighted by atomic mass is 10.2. The van der Waals surface area contributed by atoms with Gasteiger partial charge in [0.1, 0.15) is 5.75 Å². The average Bonchev–Trinajstić information content (AvgIpc) is 2.18. The van der Waals surface area contributed by atoms with Crippen molar-refractivity contribution in [2.24, 2.45) is 0 Å². The number of nitrogens with zero attached hydrogens (tertiary/aromatic N) is 1. The minimum absolute atomic E-state index is 0.0335. The van der Waals surface area contributed by atoms with E-state index in [4.69, 9.17) is 4.43 Å². The first kappa shape index (κ1) is 15.2. The predicted octanol–water partition coefficient (Wildman–Crippen LogP) is 4.74. The largest absolute Gasteiger partial charge is 0.543 e.